The molecule has 0 aliphatic carbocycles. The van der Waals surface area contributed by atoms with E-state index >= 15 is 0 Å². The fourth-order valence-electron chi connectivity index (χ4n) is 1.02. The number of hydrogen-bond donors (Lipinski definition) is 1. The van der Waals surface area contributed by atoms with E-state index in [-0.39, 0.29) is 0 Å². The van der Waals surface area contributed by atoms with Gasteiger partial charge in [-0.15, -0.1) is 0 Å². The zero-order chi connectivity index (χ0) is 12.5. The van der Waals surface area contributed by atoms with Crippen molar-refractivity contribution in [3.05, 3.63) is 33.4 Å². The van der Waals surface area contributed by atoms with E-state index in [9.17, 15) is 28.1 Å². The lowest BCUT2D eigenvalue weighted by atomic mass is 10.1. The first-order valence-corrected chi connectivity index (χ1v) is 3.77. The van der Waals surface area contributed by atoms with Gasteiger partial charge < -0.3 is 5.73 Å². The molecule has 0 bridgehead atoms. The summed E-state index contributed by atoms with van der Waals surface area (Å²) < 4.78 is 37.6. The molecule has 0 aliphatic rings. The topological polar surface area (TPSA) is 99.1 Å². The zero-order valence-electron chi connectivity index (χ0n) is 7.49. The molecule has 1 amide bonds. The standard InChI is InChI=1S/C7H4F3N3O3/c8-4-3(7(11)14)2(13(15)16)1-12-5(4)6(9)10/h1,6H,(H2,11,14). The van der Waals surface area contributed by atoms with Gasteiger partial charge in [-0.25, -0.2) is 18.2 Å². The Labute approximate surface area is 86.0 Å². The quantitative estimate of drug-likeness (QED) is 0.627. The van der Waals surface area contributed by atoms with Crippen LogP contribution < -0.4 is 5.73 Å². The van der Waals surface area contributed by atoms with Gasteiger partial charge in [0.2, 0.25) is 0 Å². The predicted molar refractivity (Wildman–Crippen MR) is 44.3 cm³/mol. The summed E-state index contributed by atoms with van der Waals surface area (Å²) in [5.74, 6) is -3.27. The third kappa shape index (κ3) is 1.92. The third-order valence-electron chi connectivity index (χ3n) is 1.68. The third-order valence-corrected chi connectivity index (χ3v) is 1.68. The first-order chi connectivity index (χ1) is 7.36. The number of carbonyl (C=O) groups is 1. The number of halogens is 3. The lowest BCUT2D eigenvalue weighted by molar-refractivity contribution is -0.385. The molecule has 0 fully saturated rings. The van der Waals surface area contributed by atoms with Gasteiger partial charge in [-0.3, -0.25) is 14.9 Å². The number of carbonyl (C=O) groups excluding carboxylic acids is 1. The summed E-state index contributed by atoms with van der Waals surface area (Å²) in [6, 6.07) is 0. The normalized spacial score (nSPS) is 10.5. The molecular weight excluding hydrogens is 231 g/mol. The molecule has 1 aromatic rings. The van der Waals surface area contributed by atoms with Gasteiger partial charge in [0.05, 0.1) is 4.92 Å². The highest BCUT2D eigenvalue weighted by Crippen LogP contribution is 2.27. The van der Waals surface area contributed by atoms with Crippen molar-refractivity contribution in [3.8, 4) is 0 Å². The van der Waals surface area contributed by atoms with Crippen LogP contribution in [0.25, 0.3) is 0 Å². The van der Waals surface area contributed by atoms with Crippen molar-refractivity contribution in [1.82, 2.24) is 4.98 Å². The maximum Gasteiger partial charge on any atom is 0.303 e. The van der Waals surface area contributed by atoms with Crippen LogP contribution in [0.5, 0.6) is 0 Å². The number of aromatic nitrogens is 1. The number of nitrogens with two attached hydrogens (primary N) is 1. The number of nitrogens with zero attached hydrogens (tertiary/aromatic N) is 2. The molecule has 0 atom stereocenters. The van der Waals surface area contributed by atoms with Crippen molar-refractivity contribution in [3.63, 3.8) is 0 Å². The number of nitro groups is 1. The minimum Gasteiger partial charge on any atom is -0.365 e. The molecule has 6 nitrogen and oxygen atoms in total. The molecule has 1 aromatic heterocycles. The van der Waals surface area contributed by atoms with E-state index in [0.717, 1.165) is 0 Å². The molecule has 1 heterocycles. The minimum absolute atomic E-state index is 0.366. The van der Waals surface area contributed by atoms with Crippen molar-refractivity contribution in [2.75, 3.05) is 0 Å². The first kappa shape index (κ1) is 11.9. The highest BCUT2D eigenvalue weighted by Gasteiger charge is 2.29. The lowest BCUT2D eigenvalue weighted by Gasteiger charge is -2.04. The maximum atomic E-state index is 13.2. The second-order valence-electron chi connectivity index (χ2n) is 2.64. The Morgan fingerprint density at radius 2 is 2.12 bits per heavy atom. The molecule has 0 aromatic carbocycles. The molecule has 0 aliphatic heterocycles. The van der Waals surface area contributed by atoms with Gasteiger partial charge in [0, 0.05) is 0 Å². The summed E-state index contributed by atoms with van der Waals surface area (Å²) in [7, 11) is 0. The Kier molecular flexibility index (Phi) is 3.06. The van der Waals surface area contributed by atoms with Crippen LogP contribution >= 0.6 is 0 Å². The molecule has 1 rings (SSSR count). The molecule has 0 saturated carbocycles. The van der Waals surface area contributed by atoms with Crippen molar-refractivity contribution >= 4 is 11.6 Å². The van der Waals surface area contributed by atoms with Crippen LogP contribution in [0.2, 0.25) is 0 Å². The number of alkyl halides is 2. The van der Waals surface area contributed by atoms with E-state index in [4.69, 9.17) is 0 Å². The average Bonchev–Trinajstić information content (AvgIpc) is 2.15. The summed E-state index contributed by atoms with van der Waals surface area (Å²) in [5, 5.41) is 10.4. The molecule has 16 heavy (non-hydrogen) atoms. The summed E-state index contributed by atoms with van der Waals surface area (Å²) in [6.45, 7) is 0. The minimum atomic E-state index is -3.29. The van der Waals surface area contributed by atoms with Crippen LogP contribution in [0.4, 0.5) is 18.9 Å². The van der Waals surface area contributed by atoms with Crippen LogP contribution in [0.3, 0.4) is 0 Å². The smallest absolute Gasteiger partial charge is 0.303 e. The van der Waals surface area contributed by atoms with Gasteiger partial charge in [-0.2, -0.15) is 0 Å². The largest absolute Gasteiger partial charge is 0.365 e. The summed E-state index contributed by atoms with van der Waals surface area (Å²) in [5.41, 5.74) is 1.07. The monoisotopic (exact) mass is 235 g/mol. The molecule has 0 spiro atoms. The van der Waals surface area contributed by atoms with Crippen molar-refractivity contribution in [1.29, 1.82) is 0 Å². The summed E-state index contributed by atoms with van der Waals surface area (Å²) in [4.78, 5) is 22.8. The number of primary amides is 1. The van der Waals surface area contributed by atoms with Gasteiger partial charge in [-0.1, -0.05) is 0 Å². The Morgan fingerprint density at radius 3 is 2.50 bits per heavy atom. The van der Waals surface area contributed by atoms with E-state index in [1.54, 1.807) is 0 Å². The van der Waals surface area contributed by atoms with E-state index in [1.165, 1.54) is 0 Å². The lowest BCUT2D eigenvalue weighted by Crippen LogP contribution is -2.17. The number of pyridine rings is 1. The summed E-state index contributed by atoms with van der Waals surface area (Å²) >= 11 is 0. The van der Waals surface area contributed by atoms with Crippen molar-refractivity contribution in [2.45, 2.75) is 6.43 Å². The molecule has 0 saturated heterocycles. The van der Waals surface area contributed by atoms with Crippen LogP contribution in [0.15, 0.2) is 6.20 Å². The Hall–Kier alpha value is -2.19. The zero-order valence-corrected chi connectivity index (χ0v) is 7.49. The maximum absolute atomic E-state index is 13.2. The van der Waals surface area contributed by atoms with Crippen LogP contribution in [0, 0.1) is 15.9 Å². The molecule has 86 valence electrons. The average molecular weight is 235 g/mol. The van der Waals surface area contributed by atoms with Crippen LogP contribution in [-0.2, 0) is 0 Å². The number of hydrogen-bond acceptors (Lipinski definition) is 4. The van der Waals surface area contributed by atoms with E-state index in [2.05, 4.69) is 10.7 Å². The van der Waals surface area contributed by atoms with Gasteiger partial charge in [0.15, 0.2) is 11.4 Å². The second kappa shape index (κ2) is 4.13. The van der Waals surface area contributed by atoms with E-state index in [0.29, 0.717) is 6.20 Å². The van der Waals surface area contributed by atoms with Gasteiger partial charge >= 0.3 is 5.69 Å². The molecule has 9 heteroatoms. The Morgan fingerprint density at radius 1 is 1.56 bits per heavy atom. The second-order valence-corrected chi connectivity index (χ2v) is 2.64. The Bertz CT molecular complexity index is 464. The van der Waals surface area contributed by atoms with Crippen LogP contribution in [0.1, 0.15) is 22.5 Å². The van der Waals surface area contributed by atoms with Gasteiger partial charge in [-0.05, 0) is 0 Å². The Balaban J connectivity index is 3.54. The van der Waals surface area contributed by atoms with Crippen molar-refractivity contribution < 1.29 is 22.9 Å². The fourth-order valence-corrected chi connectivity index (χ4v) is 1.02. The molecular formula is C7H4F3N3O3. The van der Waals surface area contributed by atoms with Crippen molar-refractivity contribution in [2.24, 2.45) is 5.73 Å². The van der Waals surface area contributed by atoms with Gasteiger partial charge in [0.1, 0.15) is 11.9 Å². The SMILES string of the molecule is NC(=O)c1c([N+](=O)[O-])cnc(C(F)F)c1F. The van der Waals surface area contributed by atoms with Gasteiger partial charge in [0.25, 0.3) is 12.3 Å². The summed E-state index contributed by atoms with van der Waals surface area (Å²) in [6.07, 6.45) is -2.93. The van der Waals surface area contributed by atoms with E-state index < -0.39 is 40.0 Å². The highest BCUT2D eigenvalue weighted by atomic mass is 19.3. The predicted octanol–water partition coefficient (Wildman–Crippen LogP) is 1.17. The first-order valence-electron chi connectivity index (χ1n) is 3.77. The molecule has 0 radical (unpaired) electrons. The fraction of sp³-hybridized carbons (Fsp3) is 0.143. The van der Waals surface area contributed by atoms with E-state index in [1.807, 2.05) is 0 Å². The highest BCUT2D eigenvalue weighted by molar-refractivity contribution is 5.97. The molecule has 2 N–H and O–H groups in total. The van der Waals surface area contributed by atoms with Crippen LogP contribution in [-0.4, -0.2) is 15.8 Å². The number of rotatable bonds is 3. The number of amides is 1. The molecule has 0 unspecified atom stereocenters.